The summed E-state index contributed by atoms with van der Waals surface area (Å²) in [5.74, 6) is 0. The molecule has 0 aromatic heterocycles. The van der Waals surface area contributed by atoms with Gasteiger partial charge in [0.1, 0.15) is 6.10 Å². The van der Waals surface area contributed by atoms with Gasteiger partial charge in [-0.05, 0) is 0 Å². The third-order valence-corrected chi connectivity index (χ3v) is 1.53. The molecule has 0 radical (unpaired) electrons. The molecule has 0 bridgehead atoms. The van der Waals surface area contributed by atoms with E-state index in [4.69, 9.17) is 19.3 Å². The van der Waals surface area contributed by atoms with Crippen molar-refractivity contribution in [1.82, 2.24) is 0 Å². The first kappa shape index (κ1) is 7.94. The van der Waals surface area contributed by atoms with Gasteiger partial charge in [0.25, 0.3) is 0 Å². The standard InChI is InChI=1S/C6H12O4/c1-8-5-3-4(7)6(9-2)10-5/h4-7H,3H2,1-2H3/t4-,5-,6+/m0/s1. The molecule has 4 heteroatoms. The first-order valence-corrected chi connectivity index (χ1v) is 3.17. The van der Waals surface area contributed by atoms with E-state index in [0.29, 0.717) is 6.42 Å². The van der Waals surface area contributed by atoms with Crippen molar-refractivity contribution in [3.05, 3.63) is 0 Å². The Morgan fingerprint density at radius 1 is 1.40 bits per heavy atom. The highest BCUT2D eigenvalue weighted by atomic mass is 16.8. The third-order valence-electron chi connectivity index (χ3n) is 1.53. The summed E-state index contributed by atoms with van der Waals surface area (Å²) in [6.07, 6.45) is -0.922. The molecule has 4 nitrogen and oxygen atoms in total. The van der Waals surface area contributed by atoms with E-state index in [0.717, 1.165) is 0 Å². The predicted octanol–water partition coefficient (Wildman–Crippen LogP) is -0.287. The summed E-state index contributed by atoms with van der Waals surface area (Å²) in [7, 11) is 3.03. The molecule has 0 saturated carbocycles. The number of methoxy groups -OCH3 is 2. The van der Waals surface area contributed by atoms with Gasteiger partial charge in [-0.15, -0.1) is 0 Å². The maximum atomic E-state index is 9.16. The van der Waals surface area contributed by atoms with Gasteiger partial charge in [0.05, 0.1) is 0 Å². The lowest BCUT2D eigenvalue weighted by Crippen LogP contribution is -2.22. The Hall–Kier alpha value is -0.160. The summed E-state index contributed by atoms with van der Waals surface area (Å²) >= 11 is 0. The number of ether oxygens (including phenoxy) is 3. The van der Waals surface area contributed by atoms with E-state index >= 15 is 0 Å². The molecule has 1 heterocycles. The van der Waals surface area contributed by atoms with Crippen LogP contribution in [0, 0.1) is 0 Å². The van der Waals surface area contributed by atoms with E-state index in [9.17, 15) is 0 Å². The van der Waals surface area contributed by atoms with Gasteiger partial charge >= 0.3 is 0 Å². The first-order valence-electron chi connectivity index (χ1n) is 3.17. The van der Waals surface area contributed by atoms with Gasteiger partial charge in [0, 0.05) is 20.6 Å². The smallest absolute Gasteiger partial charge is 0.186 e. The highest BCUT2D eigenvalue weighted by Crippen LogP contribution is 2.20. The van der Waals surface area contributed by atoms with E-state index < -0.39 is 12.4 Å². The van der Waals surface area contributed by atoms with Crippen molar-refractivity contribution in [2.75, 3.05) is 14.2 Å². The van der Waals surface area contributed by atoms with Crippen LogP contribution in [0.5, 0.6) is 0 Å². The van der Waals surface area contributed by atoms with Crippen LogP contribution in [0.3, 0.4) is 0 Å². The summed E-state index contributed by atoms with van der Waals surface area (Å²) in [5, 5.41) is 9.16. The third kappa shape index (κ3) is 1.46. The van der Waals surface area contributed by atoms with Crippen LogP contribution in [0.1, 0.15) is 6.42 Å². The van der Waals surface area contributed by atoms with Crippen LogP contribution in [-0.2, 0) is 14.2 Å². The maximum Gasteiger partial charge on any atom is 0.186 e. The zero-order valence-electron chi connectivity index (χ0n) is 6.11. The van der Waals surface area contributed by atoms with Gasteiger partial charge in [-0.2, -0.15) is 0 Å². The molecule has 0 aromatic rings. The molecule has 1 aliphatic heterocycles. The molecule has 60 valence electrons. The van der Waals surface area contributed by atoms with Crippen LogP contribution in [0.25, 0.3) is 0 Å². The van der Waals surface area contributed by atoms with Crippen molar-refractivity contribution in [3.63, 3.8) is 0 Å². The number of aliphatic hydroxyl groups is 1. The fourth-order valence-corrected chi connectivity index (χ4v) is 0.969. The van der Waals surface area contributed by atoms with Crippen LogP contribution in [0.15, 0.2) is 0 Å². The highest BCUT2D eigenvalue weighted by molar-refractivity contribution is 4.70. The number of hydrogen-bond acceptors (Lipinski definition) is 4. The summed E-state index contributed by atoms with van der Waals surface area (Å²) < 4.78 is 14.7. The van der Waals surface area contributed by atoms with Crippen LogP contribution in [0.4, 0.5) is 0 Å². The van der Waals surface area contributed by atoms with Gasteiger partial charge in [-0.25, -0.2) is 0 Å². The first-order chi connectivity index (χ1) is 4.77. The zero-order valence-corrected chi connectivity index (χ0v) is 6.11. The minimum absolute atomic E-state index is 0.319. The number of rotatable bonds is 2. The molecule has 10 heavy (non-hydrogen) atoms. The van der Waals surface area contributed by atoms with Crippen LogP contribution < -0.4 is 0 Å². The molecule has 1 saturated heterocycles. The molecule has 0 unspecified atom stereocenters. The van der Waals surface area contributed by atoms with E-state index in [1.165, 1.54) is 14.2 Å². The molecule has 3 atom stereocenters. The molecule has 1 aliphatic rings. The maximum absolute atomic E-state index is 9.16. The molecule has 0 aromatic carbocycles. The SMILES string of the molecule is CO[C@@H]1C[C@H](O)[C@H](OC)O1. The van der Waals surface area contributed by atoms with E-state index in [1.807, 2.05) is 0 Å². The van der Waals surface area contributed by atoms with E-state index in [-0.39, 0.29) is 6.29 Å². The van der Waals surface area contributed by atoms with Gasteiger partial charge < -0.3 is 19.3 Å². The lowest BCUT2D eigenvalue weighted by atomic mass is 10.3. The second-order valence-corrected chi connectivity index (χ2v) is 2.21. The molecule has 1 rings (SSSR count). The Morgan fingerprint density at radius 2 is 2.10 bits per heavy atom. The summed E-state index contributed by atoms with van der Waals surface area (Å²) in [4.78, 5) is 0. The van der Waals surface area contributed by atoms with E-state index in [1.54, 1.807) is 0 Å². The van der Waals surface area contributed by atoms with Gasteiger partial charge in [0.15, 0.2) is 12.6 Å². The normalized spacial score (nSPS) is 40.5. The molecular weight excluding hydrogens is 136 g/mol. The fourth-order valence-electron chi connectivity index (χ4n) is 0.969. The van der Waals surface area contributed by atoms with Crippen LogP contribution in [-0.4, -0.2) is 38.0 Å². The van der Waals surface area contributed by atoms with Gasteiger partial charge in [0.2, 0.25) is 0 Å². The van der Waals surface area contributed by atoms with Gasteiger partial charge in [-0.1, -0.05) is 0 Å². The summed E-state index contributed by atoms with van der Waals surface area (Å²) in [6.45, 7) is 0. The minimum atomic E-state index is -0.560. The van der Waals surface area contributed by atoms with Crippen molar-refractivity contribution < 1.29 is 19.3 Å². The van der Waals surface area contributed by atoms with Crippen LogP contribution >= 0.6 is 0 Å². The lowest BCUT2D eigenvalue weighted by Gasteiger charge is -2.10. The molecule has 0 spiro atoms. The second kappa shape index (κ2) is 3.30. The van der Waals surface area contributed by atoms with Gasteiger partial charge in [-0.3, -0.25) is 0 Å². The molecular formula is C6H12O4. The predicted molar refractivity (Wildman–Crippen MR) is 33.3 cm³/mol. The Labute approximate surface area is 59.7 Å². The Kier molecular flexibility index (Phi) is 2.62. The fraction of sp³-hybridized carbons (Fsp3) is 1.00. The topological polar surface area (TPSA) is 47.9 Å². The number of hydrogen-bond donors (Lipinski definition) is 1. The van der Waals surface area contributed by atoms with Crippen molar-refractivity contribution in [1.29, 1.82) is 0 Å². The molecule has 0 aliphatic carbocycles. The zero-order chi connectivity index (χ0) is 7.56. The Bertz CT molecular complexity index is 106. The lowest BCUT2D eigenvalue weighted by molar-refractivity contribution is -0.199. The highest BCUT2D eigenvalue weighted by Gasteiger charge is 2.33. The molecule has 0 amide bonds. The monoisotopic (exact) mass is 148 g/mol. The number of aliphatic hydroxyl groups excluding tert-OH is 1. The van der Waals surface area contributed by atoms with Crippen molar-refractivity contribution in [2.24, 2.45) is 0 Å². The second-order valence-electron chi connectivity index (χ2n) is 2.21. The Balaban J connectivity index is 2.36. The molecule has 1 fully saturated rings. The van der Waals surface area contributed by atoms with Crippen LogP contribution in [0.2, 0.25) is 0 Å². The summed E-state index contributed by atoms with van der Waals surface area (Å²) in [5.41, 5.74) is 0. The van der Waals surface area contributed by atoms with Crippen molar-refractivity contribution in [3.8, 4) is 0 Å². The average Bonchev–Trinajstić information content (AvgIpc) is 2.30. The Morgan fingerprint density at radius 3 is 2.40 bits per heavy atom. The quantitative estimate of drug-likeness (QED) is 0.584. The largest absolute Gasteiger partial charge is 0.388 e. The van der Waals surface area contributed by atoms with Crippen molar-refractivity contribution >= 4 is 0 Å². The molecule has 1 N–H and O–H groups in total. The average molecular weight is 148 g/mol. The summed E-state index contributed by atoms with van der Waals surface area (Å²) in [6, 6.07) is 0. The minimum Gasteiger partial charge on any atom is -0.388 e. The van der Waals surface area contributed by atoms with E-state index in [2.05, 4.69) is 0 Å². The van der Waals surface area contributed by atoms with Crippen molar-refractivity contribution in [2.45, 2.75) is 25.1 Å².